The summed E-state index contributed by atoms with van der Waals surface area (Å²) in [4.78, 5) is 0. The molecule has 0 bridgehead atoms. The SMILES string of the molecule is C.C.C.C.OCCOCOCCO. The summed E-state index contributed by atoms with van der Waals surface area (Å²) >= 11 is 0. The zero-order valence-electron chi connectivity index (χ0n) is 5.25. The fourth-order valence-corrected chi connectivity index (χ4v) is 0.306. The predicted octanol–water partition coefficient (Wildman–Crippen LogP) is 1.51. The second-order valence-electron chi connectivity index (χ2n) is 1.38. The van der Waals surface area contributed by atoms with Crippen LogP contribution in [0.4, 0.5) is 0 Å². The molecule has 0 aromatic carbocycles. The Kier molecular flexibility index (Phi) is 67.0. The molecule has 4 heteroatoms. The van der Waals surface area contributed by atoms with Gasteiger partial charge in [-0.1, -0.05) is 29.7 Å². The Morgan fingerprint density at radius 1 is 0.692 bits per heavy atom. The summed E-state index contributed by atoms with van der Waals surface area (Å²) in [5.74, 6) is 0. The van der Waals surface area contributed by atoms with Crippen molar-refractivity contribution in [3.8, 4) is 0 Å². The van der Waals surface area contributed by atoms with Gasteiger partial charge in [-0.25, -0.2) is 0 Å². The molecule has 0 saturated carbocycles. The van der Waals surface area contributed by atoms with Gasteiger partial charge in [0, 0.05) is 0 Å². The fourth-order valence-electron chi connectivity index (χ4n) is 0.306. The minimum absolute atomic E-state index is 0. The molecule has 0 aliphatic rings. The zero-order valence-corrected chi connectivity index (χ0v) is 5.25. The van der Waals surface area contributed by atoms with Gasteiger partial charge in [0.05, 0.1) is 26.4 Å². The van der Waals surface area contributed by atoms with Crippen molar-refractivity contribution in [2.45, 2.75) is 29.7 Å². The van der Waals surface area contributed by atoms with E-state index < -0.39 is 0 Å². The van der Waals surface area contributed by atoms with E-state index in [4.69, 9.17) is 19.7 Å². The molecule has 88 valence electrons. The summed E-state index contributed by atoms with van der Waals surface area (Å²) in [7, 11) is 0. The summed E-state index contributed by atoms with van der Waals surface area (Å²) in [5.41, 5.74) is 0. The molecule has 0 aliphatic heterocycles. The number of hydrogen-bond donors (Lipinski definition) is 2. The maximum Gasteiger partial charge on any atom is 0.146 e. The van der Waals surface area contributed by atoms with E-state index in [2.05, 4.69) is 0 Å². The Balaban J connectivity index is -0.0000000533. The van der Waals surface area contributed by atoms with E-state index in [1.54, 1.807) is 0 Å². The predicted molar refractivity (Wildman–Crippen MR) is 57.9 cm³/mol. The van der Waals surface area contributed by atoms with Gasteiger partial charge in [-0.2, -0.15) is 0 Å². The Labute approximate surface area is 83.5 Å². The van der Waals surface area contributed by atoms with Crippen LogP contribution in [0.15, 0.2) is 0 Å². The van der Waals surface area contributed by atoms with Crippen molar-refractivity contribution in [1.82, 2.24) is 0 Å². The highest BCUT2D eigenvalue weighted by molar-refractivity contribution is 4.20. The third kappa shape index (κ3) is 33.6. The standard InChI is InChI=1S/C5H12O4.4CH4/c6-1-3-8-5-9-4-2-7;;;;/h6-7H,1-5H2;4*1H4. The third-order valence-electron chi connectivity index (χ3n) is 0.638. The first-order chi connectivity index (χ1) is 4.41. The van der Waals surface area contributed by atoms with Crippen LogP contribution in [-0.4, -0.2) is 43.4 Å². The Morgan fingerprint density at radius 3 is 1.23 bits per heavy atom. The van der Waals surface area contributed by atoms with E-state index in [1.165, 1.54) is 0 Å². The van der Waals surface area contributed by atoms with Crippen molar-refractivity contribution in [1.29, 1.82) is 0 Å². The van der Waals surface area contributed by atoms with Gasteiger partial charge in [0.25, 0.3) is 0 Å². The lowest BCUT2D eigenvalue weighted by atomic mass is 10.8. The van der Waals surface area contributed by atoms with Crippen LogP contribution < -0.4 is 0 Å². The Bertz CT molecular complexity index is 44.9. The molecule has 2 N–H and O–H groups in total. The number of aliphatic hydroxyl groups excluding tert-OH is 2. The number of ether oxygens (including phenoxy) is 2. The lowest BCUT2D eigenvalue weighted by Crippen LogP contribution is -2.06. The Hall–Kier alpha value is -0.160. The van der Waals surface area contributed by atoms with Crippen LogP contribution in [0.25, 0.3) is 0 Å². The molecule has 0 aromatic rings. The highest BCUT2D eigenvalue weighted by atomic mass is 16.7. The minimum atomic E-state index is 0. The third-order valence-corrected chi connectivity index (χ3v) is 0.638. The van der Waals surface area contributed by atoms with E-state index >= 15 is 0 Å². The normalized spacial score (nSPS) is 6.92. The summed E-state index contributed by atoms with van der Waals surface area (Å²) in [5, 5.41) is 16.4. The van der Waals surface area contributed by atoms with Crippen LogP contribution in [0, 0.1) is 0 Å². The molecular formula is C9H28O4. The molecule has 0 atom stereocenters. The van der Waals surface area contributed by atoms with E-state index in [9.17, 15) is 0 Å². The van der Waals surface area contributed by atoms with E-state index in [0.717, 1.165) is 0 Å². The maximum atomic E-state index is 8.19. The molecule has 0 heterocycles. The average Bonchev–Trinajstić information content (AvgIpc) is 1.89. The van der Waals surface area contributed by atoms with Crippen molar-refractivity contribution in [2.75, 3.05) is 33.2 Å². The highest BCUT2D eigenvalue weighted by Crippen LogP contribution is 1.75. The van der Waals surface area contributed by atoms with E-state index in [0.29, 0.717) is 0 Å². The molecule has 0 fully saturated rings. The zero-order chi connectivity index (χ0) is 6.95. The average molecular weight is 200 g/mol. The van der Waals surface area contributed by atoms with Crippen LogP contribution in [0.1, 0.15) is 29.7 Å². The monoisotopic (exact) mass is 200 g/mol. The fraction of sp³-hybridized carbons (Fsp3) is 1.00. The minimum Gasteiger partial charge on any atom is -0.394 e. The summed E-state index contributed by atoms with van der Waals surface area (Å²) in [6.45, 7) is 0.711. The Morgan fingerprint density at radius 2 is 1.00 bits per heavy atom. The highest BCUT2D eigenvalue weighted by Gasteiger charge is 1.84. The summed E-state index contributed by atoms with van der Waals surface area (Å²) < 4.78 is 9.40. The van der Waals surface area contributed by atoms with Crippen LogP contribution in [0.3, 0.4) is 0 Å². The first kappa shape index (κ1) is 29.3. The molecule has 13 heavy (non-hydrogen) atoms. The molecule has 0 aromatic heterocycles. The van der Waals surface area contributed by atoms with Gasteiger partial charge in [0.1, 0.15) is 6.79 Å². The van der Waals surface area contributed by atoms with Gasteiger partial charge in [-0.3, -0.25) is 0 Å². The van der Waals surface area contributed by atoms with E-state index in [-0.39, 0.29) is 62.9 Å². The van der Waals surface area contributed by atoms with Crippen LogP contribution in [0.5, 0.6) is 0 Å². The van der Waals surface area contributed by atoms with Crippen molar-refractivity contribution in [3.05, 3.63) is 0 Å². The van der Waals surface area contributed by atoms with Crippen molar-refractivity contribution in [2.24, 2.45) is 0 Å². The number of aliphatic hydroxyl groups is 2. The first-order valence-electron chi connectivity index (χ1n) is 2.79. The molecule has 0 spiro atoms. The topological polar surface area (TPSA) is 58.9 Å². The first-order valence-corrected chi connectivity index (χ1v) is 2.79. The number of hydrogen-bond acceptors (Lipinski definition) is 4. The molecule has 0 saturated heterocycles. The van der Waals surface area contributed by atoms with Crippen LogP contribution in [-0.2, 0) is 9.47 Å². The number of rotatable bonds is 6. The van der Waals surface area contributed by atoms with Gasteiger partial charge >= 0.3 is 0 Å². The lowest BCUT2D eigenvalue weighted by Gasteiger charge is -2.00. The molecule has 0 radical (unpaired) electrons. The molecule has 0 unspecified atom stereocenters. The second kappa shape index (κ2) is 29.7. The van der Waals surface area contributed by atoms with Crippen LogP contribution in [0.2, 0.25) is 0 Å². The summed E-state index contributed by atoms with van der Waals surface area (Å²) in [6, 6.07) is 0. The molecular weight excluding hydrogens is 172 g/mol. The molecule has 0 aliphatic carbocycles. The van der Waals surface area contributed by atoms with Gasteiger partial charge in [0.15, 0.2) is 0 Å². The lowest BCUT2D eigenvalue weighted by molar-refractivity contribution is -0.0697. The van der Waals surface area contributed by atoms with Crippen LogP contribution >= 0.6 is 0 Å². The van der Waals surface area contributed by atoms with E-state index in [1.807, 2.05) is 0 Å². The van der Waals surface area contributed by atoms with Crippen molar-refractivity contribution >= 4 is 0 Å². The van der Waals surface area contributed by atoms with Gasteiger partial charge < -0.3 is 19.7 Å². The molecule has 0 amide bonds. The molecule has 4 nitrogen and oxygen atoms in total. The molecule has 0 rings (SSSR count). The van der Waals surface area contributed by atoms with Crippen molar-refractivity contribution < 1.29 is 19.7 Å². The van der Waals surface area contributed by atoms with Crippen molar-refractivity contribution in [3.63, 3.8) is 0 Å². The maximum absolute atomic E-state index is 8.19. The van der Waals surface area contributed by atoms with Gasteiger partial charge in [-0.05, 0) is 0 Å². The summed E-state index contributed by atoms with van der Waals surface area (Å²) in [6.07, 6.45) is 0. The quantitative estimate of drug-likeness (QED) is 0.504. The largest absolute Gasteiger partial charge is 0.394 e. The van der Waals surface area contributed by atoms with Gasteiger partial charge in [0.2, 0.25) is 0 Å². The smallest absolute Gasteiger partial charge is 0.146 e. The van der Waals surface area contributed by atoms with Gasteiger partial charge in [-0.15, -0.1) is 0 Å². The second-order valence-corrected chi connectivity index (χ2v) is 1.38.